The molecule has 0 spiro atoms. The molecule has 0 bridgehead atoms. The minimum Gasteiger partial charge on any atom is -0.380 e. The first kappa shape index (κ1) is 16.2. The van der Waals surface area contributed by atoms with Gasteiger partial charge in [-0.3, -0.25) is 4.98 Å². The molecule has 1 N–H and O–H groups in total. The van der Waals surface area contributed by atoms with E-state index in [-0.39, 0.29) is 25.9 Å². The molecule has 124 valence electrons. The van der Waals surface area contributed by atoms with E-state index < -0.39 is 11.8 Å². The highest BCUT2D eigenvalue weighted by molar-refractivity contribution is 5.78. The van der Waals surface area contributed by atoms with E-state index in [0.717, 1.165) is 22.9 Å². The fourth-order valence-electron chi connectivity index (χ4n) is 3.00. The van der Waals surface area contributed by atoms with Gasteiger partial charge in [-0.2, -0.15) is 13.2 Å². The third-order valence-electron chi connectivity index (χ3n) is 4.60. The summed E-state index contributed by atoms with van der Waals surface area (Å²) in [7, 11) is 0. The standard InChI is InChI=1S/C17H19F3N2O/c18-17(19,20)16(23)6-10-22(11-7-16)9-5-13-3-4-15-14(12-13)2-1-8-21-15/h1-4,8,12,23H,5-7,9-11H2. The Morgan fingerprint density at radius 3 is 2.61 bits per heavy atom. The summed E-state index contributed by atoms with van der Waals surface area (Å²) < 4.78 is 38.3. The van der Waals surface area contributed by atoms with E-state index in [1.54, 1.807) is 6.20 Å². The number of pyridine rings is 1. The van der Waals surface area contributed by atoms with E-state index in [2.05, 4.69) is 11.1 Å². The Morgan fingerprint density at radius 2 is 1.91 bits per heavy atom. The molecule has 1 saturated heterocycles. The van der Waals surface area contributed by atoms with Gasteiger partial charge in [0.15, 0.2) is 5.60 Å². The molecule has 0 unspecified atom stereocenters. The summed E-state index contributed by atoms with van der Waals surface area (Å²) >= 11 is 0. The van der Waals surface area contributed by atoms with E-state index in [1.165, 1.54) is 0 Å². The molecular weight excluding hydrogens is 305 g/mol. The fourth-order valence-corrected chi connectivity index (χ4v) is 3.00. The second-order valence-electron chi connectivity index (χ2n) is 6.15. The Hall–Kier alpha value is -1.66. The van der Waals surface area contributed by atoms with Gasteiger partial charge >= 0.3 is 6.18 Å². The minimum atomic E-state index is -4.54. The molecular formula is C17H19F3N2O. The molecule has 1 aromatic heterocycles. The summed E-state index contributed by atoms with van der Waals surface area (Å²) in [5.41, 5.74) is -0.440. The highest BCUT2D eigenvalue weighted by atomic mass is 19.4. The molecule has 1 fully saturated rings. The van der Waals surface area contributed by atoms with Gasteiger partial charge in [0.25, 0.3) is 0 Å². The average molecular weight is 324 g/mol. The van der Waals surface area contributed by atoms with E-state index in [9.17, 15) is 18.3 Å². The van der Waals surface area contributed by atoms with Crippen molar-refractivity contribution in [1.29, 1.82) is 0 Å². The lowest BCUT2D eigenvalue weighted by Crippen LogP contribution is -2.53. The first-order valence-corrected chi connectivity index (χ1v) is 7.73. The van der Waals surface area contributed by atoms with Crippen LogP contribution in [-0.4, -0.2) is 46.4 Å². The van der Waals surface area contributed by atoms with E-state index in [1.807, 2.05) is 29.2 Å². The monoisotopic (exact) mass is 324 g/mol. The molecule has 0 aliphatic carbocycles. The van der Waals surface area contributed by atoms with E-state index >= 15 is 0 Å². The number of hydrogen-bond donors (Lipinski definition) is 1. The molecule has 3 rings (SSSR count). The van der Waals surface area contributed by atoms with Crippen LogP contribution in [0, 0.1) is 0 Å². The summed E-state index contributed by atoms with van der Waals surface area (Å²) in [5.74, 6) is 0. The topological polar surface area (TPSA) is 36.4 Å². The lowest BCUT2D eigenvalue weighted by Gasteiger charge is -2.39. The van der Waals surface area contributed by atoms with Gasteiger partial charge < -0.3 is 10.0 Å². The third kappa shape index (κ3) is 3.48. The van der Waals surface area contributed by atoms with Crippen molar-refractivity contribution in [3.8, 4) is 0 Å². The van der Waals surface area contributed by atoms with Crippen molar-refractivity contribution >= 4 is 10.9 Å². The normalized spacial score (nSPS) is 19.1. The smallest absolute Gasteiger partial charge is 0.380 e. The number of fused-ring (bicyclic) bond motifs is 1. The molecule has 0 radical (unpaired) electrons. The van der Waals surface area contributed by atoms with Gasteiger partial charge in [0.05, 0.1) is 5.52 Å². The van der Waals surface area contributed by atoms with E-state index in [4.69, 9.17) is 0 Å². The summed E-state index contributed by atoms with van der Waals surface area (Å²) in [4.78, 5) is 6.25. The number of benzene rings is 1. The maximum atomic E-state index is 12.8. The third-order valence-corrected chi connectivity index (χ3v) is 4.60. The van der Waals surface area contributed by atoms with Crippen molar-refractivity contribution in [1.82, 2.24) is 9.88 Å². The number of aromatic nitrogens is 1. The van der Waals surface area contributed by atoms with Crippen LogP contribution in [0.25, 0.3) is 10.9 Å². The first-order chi connectivity index (χ1) is 10.9. The van der Waals surface area contributed by atoms with Crippen molar-refractivity contribution < 1.29 is 18.3 Å². The summed E-state index contributed by atoms with van der Waals surface area (Å²) in [6.07, 6.45) is -2.52. The van der Waals surface area contributed by atoms with Crippen molar-refractivity contribution in [2.24, 2.45) is 0 Å². The largest absolute Gasteiger partial charge is 0.417 e. The Labute approximate surface area is 132 Å². The number of hydrogen-bond acceptors (Lipinski definition) is 3. The minimum absolute atomic E-state index is 0.252. The predicted octanol–water partition coefficient (Wildman–Crippen LogP) is 3.17. The summed E-state index contributed by atoms with van der Waals surface area (Å²) in [5, 5.41) is 10.7. The number of piperidine rings is 1. The van der Waals surface area contributed by atoms with Crippen LogP contribution in [0.4, 0.5) is 13.2 Å². The van der Waals surface area contributed by atoms with Gasteiger partial charge in [0.1, 0.15) is 0 Å². The van der Waals surface area contributed by atoms with E-state index in [0.29, 0.717) is 6.54 Å². The zero-order valence-corrected chi connectivity index (χ0v) is 12.7. The lowest BCUT2D eigenvalue weighted by atomic mass is 9.90. The Kier molecular flexibility index (Phi) is 4.29. The maximum Gasteiger partial charge on any atom is 0.417 e. The van der Waals surface area contributed by atoms with Crippen LogP contribution in [0.15, 0.2) is 36.5 Å². The number of rotatable bonds is 3. The fraction of sp³-hybridized carbons (Fsp3) is 0.471. The molecule has 1 aromatic carbocycles. The Bertz CT molecular complexity index is 679. The highest BCUT2D eigenvalue weighted by Crippen LogP contribution is 2.38. The van der Waals surface area contributed by atoms with Crippen molar-refractivity contribution in [3.63, 3.8) is 0 Å². The van der Waals surface area contributed by atoms with Gasteiger partial charge in [-0.1, -0.05) is 12.1 Å². The lowest BCUT2D eigenvalue weighted by molar-refractivity contribution is -0.272. The number of halogens is 3. The molecule has 6 heteroatoms. The number of likely N-dealkylation sites (tertiary alicyclic amines) is 1. The molecule has 3 nitrogen and oxygen atoms in total. The number of alkyl halides is 3. The van der Waals surface area contributed by atoms with Crippen LogP contribution in [0.3, 0.4) is 0 Å². The van der Waals surface area contributed by atoms with Gasteiger partial charge in [0, 0.05) is 31.2 Å². The van der Waals surface area contributed by atoms with Crippen molar-refractivity contribution in [2.75, 3.05) is 19.6 Å². The van der Waals surface area contributed by atoms with Gasteiger partial charge in [0.2, 0.25) is 0 Å². The maximum absolute atomic E-state index is 12.8. The van der Waals surface area contributed by atoms with Gasteiger partial charge in [-0.15, -0.1) is 0 Å². The second kappa shape index (κ2) is 6.09. The molecule has 23 heavy (non-hydrogen) atoms. The molecule has 1 aliphatic rings. The highest BCUT2D eigenvalue weighted by Gasteiger charge is 2.54. The molecule has 0 saturated carbocycles. The Balaban J connectivity index is 1.57. The summed E-state index contributed by atoms with van der Waals surface area (Å²) in [6, 6.07) is 9.91. The predicted molar refractivity (Wildman–Crippen MR) is 82.1 cm³/mol. The second-order valence-corrected chi connectivity index (χ2v) is 6.15. The molecule has 0 atom stereocenters. The Morgan fingerprint density at radius 1 is 1.17 bits per heavy atom. The molecule has 1 aliphatic heterocycles. The van der Waals surface area contributed by atoms with Crippen LogP contribution in [0.5, 0.6) is 0 Å². The zero-order valence-electron chi connectivity index (χ0n) is 12.7. The zero-order chi connectivity index (χ0) is 16.5. The van der Waals surface area contributed by atoms with Crippen LogP contribution in [0.2, 0.25) is 0 Å². The van der Waals surface area contributed by atoms with Gasteiger partial charge in [-0.25, -0.2) is 0 Å². The van der Waals surface area contributed by atoms with Crippen LogP contribution >= 0.6 is 0 Å². The first-order valence-electron chi connectivity index (χ1n) is 7.73. The van der Waals surface area contributed by atoms with Crippen molar-refractivity contribution in [3.05, 3.63) is 42.1 Å². The van der Waals surface area contributed by atoms with Crippen LogP contribution < -0.4 is 0 Å². The average Bonchev–Trinajstić information content (AvgIpc) is 2.53. The number of aliphatic hydroxyl groups is 1. The molecule has 0 amide bonds. The van der Waals surface area contributed by atoms with Crippen LogP contribution in [-0.2, 0) is 6.42 Å². The van der Waals surface area contributed by atoms with Crippen molar-refractivity contribution in [2.45, 2.75) is 31.0 Å². The summed E-state index contributed by atoms with van der Waals surface area (Å²) in [6.45, 7) is 1.23. The molecule has 2 heterocycles. The quantitative estimate of drug-likeness (QED) is 0.942. The number of nitrogens with zero attached hydrogens (tertiary/aromatic N) is 2. The molecule has 2 aromatic rings. The SMILES string of the molecule is OC1(C(F)(F)F)CCN(CCc2ccc3ncccc3c2)CC1. The van der Waals surface area contributed by atoms with Gasteiger partial charge in [-0.05, 0) is 43.0 Å². The van der Waals surface area contributed by atoms with Crippen LogP contribution in [0.1, 0.15) is 18.4 Å².